The van der Waals surface area contributed by atoms with E-state index >= 15 is 0 Å². The van der Waals surface area contributed by atoms with Crippen LogP contribution in [0.4, 0.5) is 17.6 Å². The summed E-state index contributed by atoms with van der Waals surface area (Å²) in [6.07, 6.45) is -3.84. The lowest BCUT2D eigenvalue weighted by molar-refractivity contribution is -0.137. The van der Waals surface area contributed by atoms with E-state index in [0.29, 0.717) is 18.6 Å². The molecule has 1 heterocycles. The van der Waals surface area contributed by atoms with Gasteiger partial charge < -0.3 is 15.2 Å². The number of halogens is 4. The van der Waals surface area contributed by atoms with Gasteiger partial charge in [-0.3, -0.25) is 0 Å². The van der Waals surface area contributed by atoms with Crippen LogP contribution in [0.25, 0.3) is 0 Å². The largest absolute Gasteiger partial charge is 0.490 e. The van der Waals surface area contributed by atoms with E-state index in [9.17, 15) is 17.6 Å². The molecule has 3 rings (SSSR count). The van der Waals surface area contributed by atoms with Crippen LogP contribution in [0.3, 0.4) is 0 Å². The van der Waals surface area contributed by atoms with Crippen molar-refractivity contribution >= 4 is 0 Å². The number of alkyl halides is 3. The molecule has 0 saturated carbocycles. The maximum absolute atomic E-state index is 14.4. The lowest BCUT2D eigenvalue weighted by Crippen LogP contribution is -2.21. The van der Waals surface area contributed by atoms with Crippen LogP contribution in [0.1, 0.15) is 23.6 Å². The van der Waals surface area contributed by atoms with E-state index in [0.717, 1.165) is 24.3 Å². The zero-order chi connectivity index (χ0) is 16.6. The number of hydrogen-bond acceptors (Lipinski definition) is 3. The van der Waals surface area contributed by atoms with Gasteiger partial charge in [-0.1, -0.05) is 0 Å². The van der Waals surface area contributed by atoms with Crippen molar-refractivity contribution in [2.45, 2.75) is 18.6 Å². The molecule has 1 atom stereocenters. The van der Waals surface area contributed by atoms with Crippen molar-refractivity contribution in [3.8, 4) is 17.2 Å². The molecule has 0 radical (unpaired) electrons. The van der Waals surface area contributed by atoms with Gasteiger partial charge in [-0.25, -0.2) is 0 Å². The first-order chi connectivity index (χ1) is 10.9. The molecule has 0 amide bonds. The van der Waals surface area contributed by atoms with Gasteiger partial charge >= 0.3 is 6.18 Å². The van der Waals surface area contributed by atoms with Gasteiger partial charge in [0.2, 0.25) is 5.82 Å². The third-order valence-electron chi connectivity index (χ3n) is 3.58. The van der Waals surface area contributed by atoms with Crippen molar-refractivity contribution < 1.29 is 27.0 Å². The molecule has 0 aromatic heterocycles. The lowest BCUT2D eigenvalue weighted by Gasteiger charge is -2.24. The normalized spacial score (nSPS) is 17.3. The van der Waals surface area contributed by atoms with Crippen molar-refractivity contribution in [1.82, 2.24) is 0 Å². The number of ether oxygens (including phenoxy) is 2. The number of nitrogens with two attached hydrogens (primary N) is 1. The van der Waals surface area contributed by atoms with Crippen LogP contribution in [-0.2, 0) is 6.18 Å². The second kappa shape index (κ2) is 5.73. The van der Waals surface area contributed by atoms with Crippen LogP contribution in [0.2, 0.25) is 0 Å². The molecule has 2 N–H and O–H groups in total. The number of rotatable bonds is 2. The van der Waals surface area contributed by atoms with E-state index in [1.165, 1.54) is 6.07 Å². The van der Waals surface area contributed by atoms with Gasteiger partial charge in [-0.15, -0.1) is 0 Å². The summed E-state index contributed by atoms with van der Waals surface area (Å²) in [6.45, 7) is 0.300. The number of hydrogen-bond donors (Lipinski definition) is 1. The van der Waals surface area contributed by atoms with Crippen LogP contribution in [0, 0.1) is 5.82 Å². The summed E-state index contributed by atoms with van der Waals surface area (Å²) in [5, 5.41) is 0. The Morgan fingerprint density at radius 2 is 1.78 bits per heavy atom. The van der Waals surface area contributed by atoms with Crippen LogP contribution < -0.4 is 15.2 Å². The first-order valence-electron chi connectivity index (χ1n) is 6.92. The van der Waals surface area contributed by atoms with Crippen molar-refractivity contribution in [2.24, 2.45) is 5.73 Å². The second-order valence-corrected chi connectivity index (χ2v) is 5.16. The van der Waals surface area contributed by atoms with Crippen molar-refractivity contribution in [2.75, 3.05) is 6.61 Å². The van der Waals surface area contributed by atoms with Crippen LogP contribution in [0.15, 0.2) is 36.4 Å². The van der Waals surface area contributed by atoms with Gasteiger partial charge in [0.05, 0.1) is 12.2 Å². The molecule has 3 nitrogen and oxygen atoms in total. The highest BCUT2D eigenvalue weighted by molar-refractivity contribution is 5.46. The zero-order valence-electron chi connectivity index (χ0n) is 11.9. The van der Waals surface area contributed by atoms with Crippen LogP contribution in [0.5, 0.6) is 17.2 Å². The molecule has 0 spiro atoms. The Hall–Kier alpha value is -2.28. The van der Waals surface area contributed by atoms with Gasteiger partial charge in [-0.05, 0) is 36.4 Å². The van der Waals surface area contributed by atoms with E-state index in [4.69, 9.17) is 15.2 Å². The van der Waals surface area contributed by atoms with E-state index in [-0.39, 0.29) is 23.3 Å². The summed E-state index contributed by atoms with van der Waals surface area (Å²) in [4.78, 5) is 0. The average molecular weight is 327 g/mol. The van der Waals surface area contributed by atoms with Gasteiger partial charge in [0, 0.05) is 18.0 Å². The molecule has 1 unspecified atom stereocenters. The first-order valence-corrected chi connectivity index (χ1v) is 6.92. The van der Waals surface area contributed by atoms with Gasteiger partial charge in [0.25, 0.3) is 0 Å². The maximum atomic E-state index is 14.4. The van der Waals surface area contributed by atoms with E-state index in [2.05, 4.69) is 0 Å². The Kier molecular flexibility index (Phi) is 3.89. The summed E-state index contributed by atoms with van der Waals surface area (Å²) in [5.74, 6) is -0.708. The summed E-state index contributed by atoms with van der Waals surface area (Å²) < 4.78 is 62.5. The van der Waals surface area contributed by atoms with Gasteiger partial charge in [-0.2, -0.15) is 17.6 Å². The molecule has 1 aliphatic heterocycles. The fourth-order valence-electron chi connectivity index (χ4n) is 2.35. The summed E-state index contributed by atoms with van der Waals surface area (Å²) in [6, 6.07) is 6.69. The molecular formula is C16H13F4NO2. The van der Waals surface area contributed by atoms with E-state index in [1.54, 1.807) is 6.07 Å². The fraction of sp³-hybridized carbons (Fsp3) is 0.250. The van der Waals surface area contributed by atoms with Crippen molar-refractivity contribution in [3.63, 3.8) is 0 Å². The Morgan fingerprint density at radius 1 is 1.09 bits per heavy atom. The highest BCUT2D eigenvalue weighted by Gasteiger charge is 2.30. The number of fused-ring (bicyclic) bond motifs is 1. The Labute approximate surface area is 129 Å². The maximum Gasteiger partial charge on any atom is 0.416 e. The summed E-state index contributed by atoms with van der Waals surface area (Å²) in [5.41, 5.74) is 5.63. The third-order valence-corrected chi connectivity index (χ3v) is 3.58. The topological polar surface area (TPSA) is 44.5 Å². The Balaban J connectivity index is 1.86. The highest BCUT2D eigenvalue weighted by atomic mass is 19.4. The molecule has 2 aromatic carbocycles. The quantitative estimate of drug-likeness (QED) is 0.831. The summed E-state index contributed by atoms with van der Waals surface area (Å²) in [7, 11) is 0. The van der Waals surface area contributed by atoms with E-state index < -0.39 is 17.6 Å². The molecular weight excluding hydrogens is 314 g/mol. The molecule has 0 fully saturated rings. The smallest absolute Gasteiger partial charge is 0.416 e. The summed E-state index contributed by atoms with van der Waals surface area (Å²) >= 11 is 0. The average Bonchev–Trinajstić information content (AvgIpc) is 2.50. The zero-order valence-corrected chi connectivity index (χ0v) is 11.9. The van der Waals surface area contributed by atoms with Gasteiger partial charge in [0.1, 0.15) is 5.75 Å². The highest BCUT2D eigenvalue weighted by Crippen LogP contribution is 2.39. The van der Waals surface area contributed by atoms with Crippen LogP contribution >= 0.6 is 0 Å². The molecule has 122 valence electrons. The molecule has 0 saturated heterocycles. The third kappa shape index (κ3) is 3.10. The molecule has 7 heteroatoms. The van der Waals surface area contributed by atoms with Gasteiger partial charge in [0.15, 0.2) is 11.5 Å². The predicted molar refractivity (Wildman–Crippen MR) is 75.0 cm³/mol. The van der Waals surface area contributed by atoms with Crippen molar-refractivity contribution in [1.29, 1.82) is 0 Å². The SMILES string of the molecule is NC1CCOc2c1ccc(Oc1ccc(C(F)(F)F)cc1)c2F. The van der Waals surface area contributed by atoms with Crippen molar-refractivity contribution in [3.05, 3.63) is 53.3 Å². The minimum atomic E-state index is -4.43. The minimum Gasteiger partial charge on any atom is -0.490 e. The molecule has 0 bridgehead atoms. The molecule has 1 aliphatic rings. The lowest BCUT2D eigenvalue weighted by atomic mass is 10.0. The second-order valence-electron chi connectivity index (χ2n) is 5.16. The molecule has 2 aromatic rings. The molecule has 0 aliphatic carbocycles. The monoisotopic (exact) mass is 327 g/mol. The first kappa shape index (κ1) is 15.6. The predicted octanol–water partition coefficient (Wildman–Crippen LogP) is 4.42. The Bertz CT molecular complexity index is 713. The van der Waals surface area contributed by atoms with Crippen LogP contribution in [-0.4, -0.2) is 6.61 Å². The minimum absolute atomic E-state index is 0.0353. The standard InChI is InChI=1S/C16H13F4NO2/c17-14-13(6-5-11-12(21)7-8-22-15(11)14)23-10-3-1-9(2-4-10)16(18,19)20/h1-6,12H,7-8,21H2. The van der Waals surface area contributed by atoms with E-state index in [1.807, 2.05) is 0 Å². The Morgan fingerprint density at radius 3 is 2.43 bits per heavy atom. The fourth-order valence-corrected chi connectivity index (χ4v) is 2.35. The number of benzene rings is 2. The molecule has 23 heavy (non-hydrogen) atoms.